The van der Waals surface area contributed by atoms with Crippen LogP contribution in [0.3, 0.4) is 0 Å². The second kappa shape index (κ2) is 4.81. The first kappa shape index (κ1) is 10.7. The van der Waals surface area contributed by atoms with E-state index in [1.807, 2.05) is 24.3 Å². The van der Waals surface area contributed by atoms with Crippen molar-refractivity contribution in [1.82, 2.24) is 5.32 Å². The van der Waals surface area contributed by atoms with E-state index in [2.05, 4.69) is 5.32 Å². The Morgan fingerprint density at radius 3 is 3.00 bits per heavy atom. The van der Waals surface area contributed by atoms with Gasteiger partial charge in [0.05, 0.1) is 12.9 Å². The SMILES string of the molecule is O=C(CCO)NCc1coc2ccccc12. The molecule has 84 valence electrons. The van der Waals surface area contributed by atoms with E-state index in [-0.39, 0.29) is 18.9 Å². The van der Waals surface area contributed by atoms with Gasteiger partial charge in [-0.25, -0.2) is 0 Å². The van der Waals surface area contributed by atoms with Crippen LogP contribution in [0.4, 0.5) is 0 Å². The smallest absolute Gasteiger partial charge is 0.222 e. The highest BCUT2D eigenvalue weighted by molar-refractivity contribution is 5.82. The lowest BCUT2D eigenvalue weighted by Gasteiger charge is -2.01. The summed E-state index contributed by atoms with van der Waals surface area (Å²) in [7, 11) is 0. The Labute approximate surface area is 92.9 Å². The highest BCUT2D eigenvalue weighted by Crippen LogP contribution is 2.20. The van der Waals surface area contributed by atoms with Crippen molar-refractivity contribution >= 4 is 16.9 Å². The highest BCUT2D eigenvalue weighted by Gasteiger charge is 2.06. The zero-order valence-electron chi connectivity index (χ0n) is 8.77. The fourth-order valence-electron chi connectivity index (χ4n) is 1.55. The largest absolute Gasteiger partial charge is 0.464 e. The summed E-state index contributed by atoms with van der Waals surface area (Å²) in [5.74, 6) is -0.159. The van der Waals surface area contributed by atoms with Gasteiger partial charge >= 0.3 is 0 Å². The van der Waals surface area contributed by atoms with Gasteiger partial charge in [0.2, 0.25) is 5.91 Å². The van der Waals surface area contributed by atoms with Gasteiger partial charge in [0.15, 0.2) is 0 Å². The highest BCUT2D eigenvalue weighted by atomic mass is 16.3. The number of benzene rings is 1. The molecule has 4 heteroatoms. The van der Waals surface area contributed by atoms with Crippen LogP contribution in [0.1, 0.15) is 12.0 Å². The summed E-state index contributed by atoms with van der Waals surface area (Å²) >= 11 is 0. The Balaban J connectivity index is 2.07. The van der Waals surface area contributed by atoms with E-state index in [0.29, 0.717) is 6.54 Å². The molecule has 2 N–H and O–H groups in total. The van der Waals surface area contributed by atoms with Crippen molar-refractivity contribution in [2.24, 2.45) is 0 Å². The molecule has 1 aromatic carbocycles. The van der Waals surface area contributed by atoms with Crippen LogP contribution in [0.15, 0.2) is 34.9 Å². The van der Waals surface area contributed by atoms with Gasteiger partial charge in [0.1, 0.15) is 5.58 Å². The molecule has 0 saturated carbocycles. The van der Waals surface area contributed by atoms with Crippen LogP contribution >= 0.6 is 0 Å². The molecule has 0 bridgehead atoms. The zero-order chi connectivity index (χ0) is 11.4. The Kier molecular flexibility index (Phi) is 3.22. The summed E-state index contributed by atoms with van der Waals surface area (Å²) < 4.78 is 5.34. The Morgan fingerprint density at radius 1 is 1.38 bits per heavy atom. The van der Waals surface area contributed by atoms with Crippen molar-refractivity contribution in [3.8, 4) is 0 Å². The molecular formula is C12H13NO3. The van der Waals surface area contributed by atoms with Crippen LogP contribution in [0.5, 0.6) is 0 Å². The van der Waals surface area contributed by atoms with Crippen LogP contribution in [-0.4, -0.2) is 17.6 Å². The number of furan rings is 1. The summed E-state index contributed by atoms with van der Waals surface area (Å²) in [5.41, 5.74) is 1.76. The van der Waals surface area contributed by atoms with E-state index >= 15 is 0 Å². The third-order valence-corrected chi connectivity index (χ3v) is 2.38. The standard InChI is InChI=1S/C12H13NO3/c14-6-5-12(15)13-7-9-8-16-11-4-2-1-3-10(9)11/h1-4,8,14H,5-7H2,(H,13,15). The number of carbonyl (C=O) groups is 1. The molecule has 0 aliphatic carbocycles. The molecule has 0 saturated heterocycles. The topological polar surface area (TPSA) is 62.5 Å². The summed E-state index contributed by atoms with van der Waals surface area (Å²) in [5, 5.41) is 12.3. The lowest BCUT2D eigenvalue weighted by molar-refractivity contribution is -0.121. The molecule has 0 unspecified atom stereocenters. The average Bonchev–Trinajstić information content (AvgIpc) is 2.70. The van der Waals surface area contributed by atoms with Crippen molar-refractivity contribution in [2.75, 3.05) is 6.61 Å². The van der Waals surface area contributed by atoms with Crippen LogP contribution in [-0.2, 0) is 11.3 Å². The number of aliphatic hydroxyl groups excluding tert-OH is 1. The number of carbonyl (C=O) groups excluding carboxylic acids is 1. The number of nitrogens with one attached hydrogen (secondary N) is 1. The number of hydrogen-bond donors (Lipinski definition) is 2. The van der Waals surface area contributed by atoms with Gasteiger partial charge in [0.25, 0.3) is 0 Å². The monoisotopic (exact) mass is 219 g/mol. The van der Waals surface area contributed by atoms with E-state index in [4.69, 9.17) is 9.52 Å². The predicted octanol–water partition coefficient (Wildman–Crippen LogP) is 1.43. The maximum atomic E-state index is 11.2. The fourth-order valence-corrected chi connectivity index (χ4v) is 1.55. The molecule has 1 heterocycles. The molecule has 0 radical (unpaired) electrons. The zero-order valence-corrected chi connectivity index (χ0v) is 8.77. The summed E-state index contributed by atoms with van der Waals surface area (Å²) in [6.45, 7) is 0.299. The number of rotatable bonds is 4. The normalized spacial score (nSPS) is 10.6. The van der Waals surface area contributed by atoms with Gasteiger partial charge in [0, 0.05) is 23.9 Å². The molecule has 1 aromatic heterocycles. The number of fused-ring (bicyclic) bond motifs is 1. The Bertz CT molecular complexity index is 490. The third-order valence-electron chi connectivity index (χ3n) is 2.38. The van der Waals surface area contributed by atoms with Gasteiger partial charge in [-0.3, -0.25) is 4.79 Å². The van der Waals surface area contributed by atoms with Crippen LogP contribution in [0.25, 0.3) is 11.0 Å². The second-order valence-corrected chi connectivity index (χ2v) is 3.51. The molecule has 0 aliphatic heterocycles. The molecular weight excluding hydrogens is 206 g/mol. The van der Waals surface area contributed by atoms with Crippen molar-refractivity contribution in [1.29, 1.82) is 0 Å². The number of amides is 1. The Hall–Kier alpha value is -1.81. The lowest BCUT2D eigenvalue weighted by Crippen LogP contribution is -2.23. The first-order chi connectivity index (χ1) is 7.81. The molecule has 0 atom stereocenters. The molecule has 1 amide bonds. The van der Waals surface area contributed by atoms with Gasteiger partial charge < -0.3 is 14.8 Å². The van der Waals surface area contributed by atoms with E-state index in [0.717, 1.165) is 16.5 Å². The first-order valence-corrected chi connectivity index (χ1v) is 5.14. The van der Waals surface area contributed by atoms with Crippen molar-refractivity contribution < 1.29 is 14.3 Å². The van der Waals surface area contributed by atoms with Crippen molar-refractivity contribution in [2.45, 2.75) is 13.0 Å². The quantitative estimate of drug-likeness (QED) is 0.817. The third kappa shape index (κ3) is 2.23. The maximum Gasteiger partial charge on any atom is 0.222 e. The Morgan fingerprint density at radius 2 is 2.19 bits per heavy atom. The number of hydrogen-bond acceptors (Lipinski definition) is 3. The summed E-state index contributed by atoms with van der Waals surface area (Å²) in [6, 6.07) is 7.66. The van der Waals surface area contributed by atoms with Crippen molar-refractivity contribution in [3.63, 3.8) is 0 Å². The lowest BCUT2D eigenvalue weighted by atomic mass is 10.2. The van der Waals surface area contributed by atoms with Gasteiger partial charge in [-0.1, -0.05) is 18.2 Å². The molecule has 2 rings (SSSR count). The van der Waals surface area contributed by atoms with E-state index < -0.39 is 0 Å². The maximum absolute atomic E-state index is 11.2. The van der Waals surface area contributed by atoms with Crippen LogP contribution in [0, 0.1) is 0 Å². The minimum Gasteiger partial charge on any atom is -0.464 e. The van der Waals surface area contributed by atoms with Crippen LogP contribution < -0.4 is 5.32 Å². The van der Waals surface area contributed by atoms with Crippen molar-refractivity contribution in [3.05, 3.63) is 36.1 Å². The van der Waals surface area contributed by atoms with E-state index in [1.54, 1.807) is 6.26 Å². The van der Waals surface area contributed by atoms with Gasteiger partial charge in [-0.05, 0) is 6.07 Å². The fraction of sp³-hybridized carbons (Fsp3) is 0.250. The predicted molar refractivity (Wildman–Crippen MR) is 59.8 cm³/mol. The van der Waals surface area contributed by atoms with E-state index in [9.17, 15) is 4.79 Å². The van der Waals surface area contributed by atoms with Crippen LogP contribution in [0.2, 0.25) is 0 Å². The summed E-state index contributed by atoms with van der Waals surface area (Å²) in [6.07, 6.45) is 1.78. The molecule has 0 fully saturated rings. The minimum absolute atomic E-state index is 0.127. The molecule has 16 heavy (non-hydrogen) atoms. The number of para-hydroxylation sites is 1. The second-order valence-electron chi connectivity index (χ2n) is 3.51. The van der Waals surface area contributed by atoms with Gasteiger partial charge in [-0.15, -0.1) is 0 Å². The minimum atomic E-state index is -0.159. The molecule has 2 aromatic rings. The molecule has 0 spiro atoms. The number of aliphatic hydroxyl groups is 1. The molecule has 4 nitrogen and oxygen atoms in total. The first-order valence-electron chi connectivity index (χ1n) is 5.14. The van der Waals surface area contributed by atoms with E-state index in [1.165, 1.54) is 0 Å². The summed E-state index contributed by atoms with van der Waals surface area (Å²) in [4.78, 5) is 11.2. The average molecular weight is 219 g/mol. The van der Waals surface area contributed by atoms with Gasteiger partial charge in [-0.2, -0.15) is 0 Å². The molecule has 0 aliphatic rings.